The molecule has 0 spiro atoms. The number of aromatic nitrogens is 3. The molecule has 44 heavy (non-hydrogen) atoms. The number of aryl methyl sites for hydroxylation is 3. The molecule has 0 bridgehead atoms. The molecule has 0 saturated carbocycles. The number of para-hydroxylation sites is 1. The highest BCUT2D eigenvalue weighted by atomic mass is 32.2. The Labute approximate surface area is 264 Å². The van der Waals surface area contributed by atoms with Crippen molar-refractivity contribution >= 4 is 45.9 Å². The molecular formula is C32H35N5O5S2. The van der Waals surface area contributed by atoms with Gasteiger partial charge in [0.1, 0.15) is 10.8 Å². The van der Waals surface area contributed by atoms with Gasteiger partial charge in [-0.2, -0.15) is 0 Å². The molecule has 12 heteroatoms. The van der Waals surface area contributed by atoms with Crippen LogP contribution in [0.3, 0.4) is 0 Å². The number of esters is 1. The number of rotatable bonds is 11. The number of nitrogens with zero attached hydrogens (tertiary/aromatic N) is 3. The van der Waals surface area contributed by atoms with E-state index in [1.165, 1.54) is 30.2 Å². The van der Waals surface area contributed by atoms with Crippen molar-refractivity contribution in [3.63, 3.8) is 0 Å². The van der Waals surface area contributed by atoms with E-state index >= 15 is 0 Å². The number of hydrogen-bond acceptors (Lipinski definition) is 9. The highest BCUT2D eigenvalue weighted by molar-refractivity contribution is 7.99. The molecule has 4 aromatic rings. The number of fused-ring (bicyclic) bond motifs is 1. The zero-order chi connectivity index (χ0) is 31.2. The molecule has 2 amide bonds. The van der Waals surface area contributed by atoms with Gasteiger partial charge in [-0.05, 0) is 81.3 Å². The molecule has 2 aromatic heterocycles. The molecule has 5 rings (SSSR count). The number of hydrogen-bond donors (Lipinski definition) is 2. The van der Waals surface area contributed by atoms with Crippen molar-refractivity contribution in [2.75, 3.05) is 24.8 Å². The molecule has 0 aliphatic heterocycles. The van der Waals surface area contributed by atoms with Crippen LogP contribution >= 0.6 is 23.1 Å². The van der Waals surface area contributed by atoms with Crippen molar-refractivity contribution in [2.45, 2.75) is 58.2 Å². The van der Waals surface area contributed by atoms with Gasteiger partial charge in [0.15, 0.2) is 11.0 Å². The minimum atomic E-state index is -0.399. The first-order valence-electron chi connectivity index (χ1n) is 14.5. The molecule has 1 aliphatic rings. The van der Waals surface area contributed by atoms with E-state index in [9.17, 15) is 14.4 Å². The average Bonchev–Trinajstić information content (AvgIpc) is 3.60. The maximum atomic E-state index is 13.2. The molecule has 2 aromatic carbocycles. The van der Waals surface area contributed by atoms with Gasteiger partial charge in [0.05, 0.1) is 42.8 Å². The Bertz CT molecular complexity index is 1700. The normalized spacial score (nSPS) is 12.4. The van der Waals surface area contributed by atoms with Crippen LogP contribution in [0.4, 0.5) is 5.00 Å². The molecule has 0 atom stereocenters. The van der Waals surface area contributed by atoms with Crippen LogP contribution in [0, 0.1) is 13.8 Å². The summed E-state index contributed by atoms with van der Waals surface area (Å²) in [6.45, 7) is 6.13. The first kappa shape index (κ1) is 31.3. The predicted molar refractivity (Wildman–Crippen MR) is 171 cm³/mol. The summed E-state index contributed by atoms with van der Waals surface area (Å²) < 4.78 is 12.5. The summed E-state index contributed by atoms with van der Waals surface area (Å²) >= 11 is 2.69. The van der Waals surface area contributed by atoms with Crippen molar-refractivity contribution in [1.82, 2.24) is 20.1 Å². The van der Waals surface area contributed by atoms with Crippen molar-refractivity contribution in [3.8, 4) is 11.4 Å². The lowest BCUT2D eigenvalue weighted by molar-refractivity contribution is -0.113. The van der Waals surface area contributed by atoms with Crippen LogP contribution in [-0.2, 0) is 28.9 Å². The van der Waals surface area contributed by atoms with Gasteiger partial charge < -0.3 is 20.1 Å². The van der Waals surface area contributed by atoms with E-state index in [1.54, 1.807) is 31.2 Å². The summed E-state index contributed by atoms with van der Waals surface area (Å²) in [6, 6.07) is 13.1. The maximum Gasteiger partial charge on any atom is 0.341 e. The van der Waals surface area contributed by atoms with Crippen LogP contribution in [0.1, 0.15) is 67.9 Å². The van der Waals surface area contributed by atoms with Gasteiger partial charge in [0.25, 0.3) is 5.91 Å². The molecule has 0 radical (unpaired) electrons. The predicted octanol–water partition coefficient (Wildman–Crippen LogP) is 5.67. The Kier molecular flexibility index (Phi) is 10.0. The summed E-state index contributed by atoms with van der Waals surface area (Å²) in [5.41, 5.74) is 4.78. The van der Waals surface area contributed by atoms with Crippen LogP contribution in [0.15, 0.2) is 47.6 Å². The number of ether oxygens (including phenoxy) is 2. The van der Waals surface area contributed by atoms with Gasteiger partial charge in [0.2, 0.25) is 5.91 Å². The molecule has 0 fully saturated rings. The molecule has 2 N–H and O–H groups in total. The fraction of sp³-hybridized carbons (Fsp3) is 0.344. The van der Waals surface area contributed by atoms with Crippen LogP contribution in [0.25, 0.3) is 5.69 Å². The third kappa shape index (κ3) is 6.81. The smallest absolute Gasteiger partial charge is 0.341 e. The summed E-state index contributed by atoms with van der Waals surface area (Å²) in [7, 11) is 1.52. The highest BCUT2D eigenvalue weighted by Crippen LogP contribution is 2.39. The number of thiophene rings is 1. The number of thioether (sulfide) groups is 1. The van der Waals surface area contributed by atoms with E-state index in [0.29, 0.717) is 32.9 Å². The highest BCUT2D eigenvalue weighted by Gasteiger charge is 2.27. The number of nitrogens with one attached hydrogen (secondary N) is 2. The molecular weight excluding hydrogens is 599 g/mol. The van der Waals surface area contributed by atoms with Gasteiger partial charge in [-0.3, -0.25) is 14.2 Å². The van der Waals surface area contributed by atoms with Gasteiger partial charge in [0, 0.05) is 4.88 Å². The maximum absolute atomic E-state index is 13.2. The monoisotopic (exact) mass is 633 g/mol. The molecule has 10 nitrogen and oxygen atoms in total. The summed E-state index contributed by atoms with van der Waals surface area (Å²) in [5.74, 6) is 0.0652. The van der Waals surface area contributed by atoms with Crippen molar-refractivity contribution in [3.05, 3.63) is 81.0 Å². The minimum absolute atomic E-state index is 0.0431. The Morgan fingerprint density at radius 1 is 1.07 bits per heavy atom. The van der Waals surface area contributed by atoms with Gasteiger partial charge in [-0.25, -0.2) is 4.79 Å². The zero-order valence-electron chi connectivity index (χ0n) is 25.2. The lowest BCUT2D eigenvalue weighted by Gasteiger charge is -2.14. The van der Waals surface area contributed by atoms with Crippen LogP contribution < -0.4 is 15.4 Å². The number of carbonyl (C=O) groups is 3. The standard InChI is InChI=1S/C32H35N5O5S2/c1-5-42-31(40)28-22-11-7-9-13-25(22)44-30(28)34-27(38)18-43-32-36-35-26(37(32)23-16-19(2)14-15-20(23)3)17-33-29(39)21-10-6-8-12-24(21)41-4/h6,8,10,12,14-16H,5,7,9,11,13,17-18H2,1-4H3,(H,33,39)(H,34,38). The second kappa shape index (κ2) is 14.1. The topological polar surface area (TPSA) is 124 Å². The Morgan fingerprint density at radius 2 is 1.86 bits per heavy atom. The van der Waals surface area contributed by atoms with Crippen LogP contribution in [0.2, 0.25) is 0 Å². The van der Waals surface area contributed by atoms with Gasteiger partial charge >= 0.3 is 5.97 Å². The SMILES string of the molecule is CCOC(=O)c1c(NC(=O)CSc2nnc(CNC(=O)c3ccccc3OC)n2-c2cc(C)ccc2C)sc2c1CCCC2. The molecule has 230 valence electrons. The Morgan fingerprint density at radius 3 is 2.66 bits per heavy atom. The van der Waals surface area contributed by atoms with Crippen molar-refractivity contribution < 1.29 is 23.9 Å². The Balaban J connectivity index is 1.36. The van der Waals surface area contributed by atoms with E-state index in [4.69, 9.17) is 9.47 Å². The third-order valence-corrected chi connectivity index (χ3v) is 9.44. The third-order valence-electron chi connectivity index (χ3n) is 7.30. The van der Waals surface area contributed by atoms with Crippen LogP contribution in [0.5, 0.6) is 5.75 Å². The fourth-order valence-corrected chi connectivity index (χ4v) is 7.22. The fourth-order valence-electron chi connectivity index (χ4n) is 5.16. The minimum Gasteiger partial charge on any atom is -0.496 e. The summed E-state index contributed by atoms with van der Waals surface area (Å²) in [6.07, 6.45) is 3.77. The zero-order valence-corrected chi connectivity index (χ0v) is 26.8. The lowest BCUT2D eigenvalue weighted by Crippen LogP contribution is -2.25. The van der Waals surface area contributed by atoms with E-state index in [2.05, 4.69) is 20.8 Å². The molecule has 0 saturated heterocycles. The van der Waals surface area contributed by atoms with Crippen molar-refractivity contribution in [2.24, 2.45) is 0 Å². The average molecular weight is 634 g/mol. The number of carbonyl (C=O) groups excluding carboxylic acids is 3. The van der Waals surface area contributed by atoms with Gasteiger partial charge in [-0.1, -0.05) is 36.0 Å². The molecule has 1 aliphatic carbocycles. The van der Waals surface area contributed by atoms with E-state index < -0.39 is 5.97 Å². The first-order chi connectivity index (χ1) is 21.3. The number of benzene rings is 2. The molecule has 0 unspecified atom stereocenters. The lowest BCUT2D eigenvalue weighted by atomic mass is 9.95. The summed E-state index contributed by atoms with van der Waals surface area (Å²) in [4.78, 5) is 40.2. The van der Waals surface area contributed by atoms with Crippen LogP contribution in [-0.4, -0.2) is 52.0 Å². The second-order valence-corrected chi connectivity index (χ2v) is 12.4. The number of anilines is 1. The quantitative estimate of drug-likeness (QED) is 0.160. The number of amides is 2. The van der Waals surface area contributed by atoms with E-state index in [-0.39, 0.29) is 30.7 Å². The Hall–Kier alpha value is -4.16. The van der Waals surface area contributed by atoms with Crippen molar-refractivity contribution in [1.29, 1.82) is 0 Å². The first-order valence-corrected chi connectivity index (χ1v) is 16.3. The largest absolute Gasteiger partial charge is 0.496 e. The second-order valence-electron chi connectivity index (χ2n) is 10.4. The number of methoxy groups -OCH3 is 1. The van der Waals surface area contributed by atoms with Gasteiger partial charge in [-0.15, -0.1) is 21.5 Å². The molecule has 2 heterocycles. The van der Waals surface area contributed by atoms with E-state index in [0.717, 1.165) is 52.9 Å². The van der Waals surface area contributed by atoms with E-state index in [1.807, 2.05) is 36.6 Å². The summed E-state index contributed by atoms with van der Waals surface area (Å²) in [5, 5.41) is 15.7.